The Hall–Kier alpha value is -0.995. The van der Waals surface area contributed by atoms with Crippen molar-refractivity contribution >= 4 is 19.4 Å². The maximum Gasteiger partial charge on any atom is 0.415 e. The minimum Gasteiger partial charge on any atom is -0.527 e. The summed E-state index contributed by atoms with van der Waals surface area (Å²) in [6.07, 6.45) is 0.645. The van der Waals surface area contributed by atoms with Crippen molar-refractivity contribution < 1.29 is 19.0 Å². The highest BCUT2D eigenvalue weighted by Gasteiger charge is 2.39. The molecule has 0 bridgehead atoms. The lowest BCUT2D eigenvalue weighted by atomic mass is 9.73. The van der Waals surface area contributed by atoms with Gasteiger partial charge in [0.2, 0.25) is 0 Å². The first kappa shape index (κ1) is 8.10. The van der Waals surface area contributed by atoms with E-state index in [0.717, 1.165) is 0 Å². The second-order valence-corrected chi connectivity index (χ2v) is 2.77. The molecule has 1 aliphatic heterocycles. The number of carbonyl (C=O) groups excluding carboxylic acids is 2. The van der Waals surface area contributed by atoms with Crippen molar-refractivity contribution in [3.8, 4) is 0 Å². The molecule has 5 heteroatoms. The van der Waals surface area contributed by atoms with E-state index in [1.807, 2.05) is 6.92 Å². The highest BCUT2D eigenvalue weighted by atomic mass is 16.6. The van der Waals surface area contributed by atoms with Gasteiger partial charge in [0.15, 0.2) is 0 Å². The molecule has 1 fully saturated rings. The highest BCUT2D eigenvalue weighted by molar-refractivity contribution is 6.45. The standard InChI is InChI=1S/C6H9BO4/c1-3-6(2)7-11-5(9)4(8)10-6/h7H,3H2,1-2H3. The molecule has 0 aromatic heterocycles. The molecule has 0 aliphatic carbocycles. The van der Waals surface area contributed by atoms with E-state index in [2.05, 4.69) is 4.65 Å². The molecule has 4 nitrogen and oxygen atoms in total. The fraction of sp³-hybridized carbons (Fsp3) is 0.667. The maximum atomic E-state index is 10.7. The number of hydrogen-bond acceptors (Lipinski definition) is 4. The zero-order chi connectivity index (χ0) is 8.48. The van der Waals surface area contributed by atoms with Gasteiger partial charge in [-0.15, -0.1) is 0 Å². The van der Waals surface area contributed by atoms with Crippen LogP contribution in [-0.4, -0.2) is 24.9 Å². The number of hydrogen-bond donors (Lipinski definition) is 0. The van der Waals surface area contributed by atoms with Gasteiger partial charge in [0.25, 0.3) is 0 Å². The van der Waals surface area contributed by atoms with Gasteiger partial charge in [-0.2, -0.15) is 0 Å². The van der Waals surface area contributed by atoms with E-state index < -0.39 is 17.4 Å². The second-order valence-electron chi connectivity index (χ2n) is 2.77. The maximum absolute atomic E-state index is 10.7. The lowest BCUT2D eigenvalue weighted by Gasteiger charge is -2.29. The second kappa shape index (κ2) is 2.56. The Kier molecular flexibility index (Phi) is 1.89. The first-order valence-electron chi connectivity index (χ1n) is 3.47. The number of esters is 1. The molecular weight excluding hydrogens is 147 g/mol. The van der Waals surface area contributed by atoms with Crippen LogP contribution in [0.15, 0.2) is 0 Å². The van der Waals surface area contributed by atoms with Crippen molar-refractivity contribution in [2.24, 2.45) is 0 Å². The molecule has 0 radical (unpaired) electrons. The average molecular weight is 156 g/mol. The molecule has 1 heterocycles. The molecule has 1 saturated heterocycles. The summed E-state index contributed by atoms with van der Waals surface area (Å²) >= 11 is 0. The lowest BCUT2D eigenvalue weighted by Crippen LogP contribution is -2.47. The summed E-state index contributed by atoms with van der Waals surface area (Å²) in [5.74, 6) is -1.78. The van der Waals surface area contributed by atoms with Gasteiger partial charge < -0.3 is 9.39 Å². The van der Waals surface area contributed by atoms with Gasteiger partial charge >= 0.3 is 19.4 Å². The quantitative estimate of drug-likeness (QED) is 0.293. The largest absolute Gasteiger partial charge is 0.527 e. The van der Waals surface area contributed by atoms with Crippen LogP contribution in [0.25, 0.3) is 0 Å². The first-order valence-corrected chi connectivity index (χ1v) is 3.47. The molecule has 1 rings (SSSR count). The number of cyclic esters (lactones) is 1. The van der Waals surface area contributed by atoms with Gasteiger partial charge in [0.05, 0.1) is 0 Å². The third-order valence-corrected chi connectivity index (χ3v) is 1.76. The predicted octanol–water partition coefficient (Wildman–Crippen LogP) is -0.436. The Bertz CT molecular complexity index is 203. The molecule has 1 unspecified atom stereocenters. The Balaban J connectivity index is 2.66. The van der Waals surface area contributed by atoms with Crippen LogP contribution in [0.1, 0.15) is 20.3 Å². The average Bonchev–Trinajstić information content (AvgIpc) is 1.98. The summed E-state index contributed by atoms with van der Waals surface area (Å²) in [5, 5.41) is 0. The monoisotopic (exact) mass is 156 g/mol. The number of rotatable bonds is 1. The molecule has 0 saturated carbocycles. The third kappa shape index (κ3) is 1.53. The normalized spacial score (nSPS) is 30.4. The molecular formula is C6H9BO4. The summed E-state index contributed by atoms with van der Waals surface area (Å²) in [6, 6.07) is 0. The van der Waals surface area contributed by atoms with E-state index in [4.69, 9.17) is 4.74 Å². The van der Waals surface area contributed by atoms with E-state index in [9.17, 15) is 9.59 Å². The lowest BCUT2D eigenvalue weighted by molar-refractivity contribution is -0.173. The molecule has 1 atom stereocenters. The van der Waals surface area contributed by atoms with Crippen LogP contribution in [-0.2, 0) is 19.0 Å². The fourth-order valence-corrected chi connectivity index (χ4v) is 0.746. The smallest absolute Gasteiger partial charge is 0.415 e. The van der Waals surface area contributed by atoms with Gasteiger partial charge in [-0.1, -0.05) is 6.92 Å². The Morgan fingerprint density at radius 3 is 2.55 bits per heavy atom. The first-order chi connectivity index (χ1) is 5.07. The van der Waals surface area contributed by atoms with Crippen molar-refractivity contribution in [1.82, 2.24) is 0 Å². The van der Waals surface area contributed by atoms with Crippen LogP contribution in [0.4, 0.5) is 0 Å². The van der Waals surface area contributed by atoms with Gasteiger partial charge in [0.1, 0.15) is 5.50 Å². The Labute approximate surface area is 65.1 Å². The fourth-order valence-electron chi connectivity index (χ4n) is 0.746. The molecule has 0 N–H and O–H groups in total. The van der Waals surface area contributed by atoms with Crippen LogP contribution in [0.2, 0.25) is 0 Å². The molecule has 60 valence electrons. The van der Waals surface area contributed by atoms with Crippen LogP contribution < -0.4 is 0 Å². The van der Waals surface area contributed by atoms with E-state index >= 15 is 0 Å². The molecule has 11 heavy (non-hydrogen) atoms. The predicted molar refractivity (Wildman–Crippen MR) is 38.0 cm³/mol. The van der Waals surface area contributed by atoms with Crippen molar-refractivity contribution in [2.45, 2.75) is 25.8 Å². The topological polar surface area (TPSA) is 52.6 Å². The molecule has 0 aromatic rings. The Morgan fingerprint density at radius 1 is 1.45 bits per heavy atom. The number of ether oxygens (including phenoxy) is 1. The minimum atomic E-state index is -0.893. The summed E-state index contributed by atoms with van der Waals surface area (Å²) in [4.78, 5) is 21.2. The highest BCUT2D eigenvalue weighted by Crippen LogP contribution is 2.17. The summed E-state index contributed by atoms with van der Waals surface area (Å²) in [6.45, 7) is 3.60. The summed E-state index contributed by atoms with van der Waals surface area (Å²) in [7, 11) is 0.161. The molecule has 0 aromatic carbocycles. The van der Waals surface area contributed by atoms with E-state index in [1.165, 1.54) is 0 Å². The Morgan fingerprint density at radius 2 is 2.09 bits per heavy atom. The van der Waals surface area contributed by atoms with E-state index in [-0.39, 0.29) is 7.48 Å². The van der Waals surface area contributed by atoms with Crippen molar-refractivity contribution in [3.05, 3.63) is 0 Å². The van der Waals surface area contributed by atoms with E-state index in [0.29, 0.717) is 6.42 Å². The summed E-state index contributed by atoms with van der Waals surface area (Å²) in [5.41, 5.74) is -0.620. The summed E-state index contributed by atoms with van der Waals surface area (Å²) < 4.78 is 9.40. The zero-order valence-electron chi connectivity index (χ0n) is 6.55. The third-order valence-electron chi connectivity index (χ3n) is 1.76. The van der Waals surface area contributed by atoms with Crippen molar-refractivity contribution in [1.29, 1.82) is 0 Å². The van der Waals surface area contributed by atoms with Gasteiger partial charge in [-0.25, -0.2) is 9.59 Å². The van der Waals surface area contributed by atoms with Crippen LogP contribution in [0, 0.1) is 0 Å². The SMILES string of the molecule is CCC1(C)BOC(=O)C(=O)O1. The van der Waals surface area contributed by atoms with Crippen molar-refractivity contribution in [3.63, 3.8) is 0 Å². The minimum absolute atomic E-state index is 0.161. The van der Waals surface area contributed by atoms with Crippen LogP contribution in [0.3, 0.4) is 0 Å². The van der Waals surface area contributed by atoms with Gasteiger partial charge in [-0.05, 0) is 13.3 Å². The van der Waals surface area contributed by atoms with Crippen LogP contribution in [0.5, 0.6) is 0 Å². The van der Waals surface area contributed by atoms with E-state index in [1.54, 1.807) is 6.92 Å². The van der Waals surface area contributed by atoms with Gasteiger partial charge in [0, 0.05) is 0 Å². The van der Waals surface area contributed by atoms with Gasteiger partial charge in [-0.3, -0.25) is 0 Å². The number of carbonyl (C=O) groups is 2. The van der Waals surface area contributed by atoms with Crippen LogP contribution >= 0.6 is 0 Å². The van der Waals surface area contributed by atoms with Crippen molar-refractivity contribution in [2.75, 3.05) is 0 Å². The molecule has 1 aliphatic rings. The zero-order valence-corrected chi connectivity index (χ0v) is 6.55. The molecule has 0 amide bonds. The molecule has 0 spiro atoms.